The summed E-state index contributed by atoms with van der Waals surface area (Å²) in [7, 11) is -3.98. The van der Waals surface area contributed by atoms with Crippen LogP contribution < -0.4 is 10.8 Å². The predicted molar refractivity (Wildman–Crippen MR) is 123 cm³/mol. The zero-order valence-corrected chi connectivity index (χ0v) is 20.5. The Kier molecular flexibility index (Phi) is 6.93. The molecule has 0 amide bonds. The molecule has 3 aromatic heterocycles. The lowest BCUT2D eigenvalue weighted by Crippen LogP contribution is -2.37. The monoisotopic (exact) mass is 515 g/mol. The number of aryl methyl sites for hydroxylation is 1. The third-order valence-electron chi connectivity index (χ3n) is 5.41. The maximum absolute atomic E-state index is 13.0. The van der Waals surface area contributed by atoms with Crippen LogP contribution in [0.25, 0.3) is 0 Å². The standard InChI is InChI=1S/C19H25N5O6S3/c1-3-13(15-7-6-11(2)30-15)20-17-18(23-32(27)22-17)21-14-10-31-19(16(14)26)33(28,29)24-8-4-5-12(24)9-25/h6-7,10,12-13,25-26H,3-5,8-9H2,1-2H3,(H,20,22)(H,21,23)/t12?,13-,32?/m1/s1. The molecule has 3 atom stereocenters. The molecule has 1 saturated heterocycles. The van der Waals surface area contributed by atoms with Gasteiger partial charge in [0.1, 0.15) is 17.6 Å². The SMILES string of the molecule is CC[C@@H](N=c1[nH][s+]([O-])nc1Nc1csc(S(=O)(=O)N2CCCC2CO)c1O)c1ccc(C)o1. The number of aliphatic hydroxyl groups excluding tert-OH is 1. The van der Waals surface area contributed by atoms with Gasteiger partial charge in [-0.25, -0.2) is 13.4 Å². The molecule has 180 valence electrons. The molecule has 0 aromatic carbocycles. The average molecular weight is 516 g/mol. The van der Waals surface area contributed by atoms with Crippen molar-refractivity contribution in [2.24, 2.45) is 4.99 Å². The van der Waals surface area contributed by atoms with E-state index in [9.17, 15) is 23.2 Å². The van der Waals surface area contributed by atoms with Crippen molar-refractivity contribution in [1.82, 2.24) is 13.1 Å². The number of thiophene rings is 1. The molecule has 0 saturated carbocycles. The summed E-state index contributed by atoms with van der Waals surface area (Å²) in [6, 6.07) is 2.80. The van der Waals surface area contributed by atoms with E-state index in [2.05, 4.69) is 19.1 Å². The Morgan fingerprint density at radius 3 is 2.97 bits per heavy atom. The summed E-state index contributed by atoms with van der Waals surface area (Å²) < 4.78 is 51.4. The molecule has 4 rings (SSSR count). The average Bonchev–Trinajstić information content (AvgIpc) is 3.55. The third-order valence-corrected chi connectivity index (χ3v) is 9.56. The van der Waals surface area contributed by atoms with E-state index in [1.54, 1.807) is 0 Å². The Hall–Kier alpha value is -2.23. The van der Waals surface area contributed by atoms with Crippen molar-refractivity contribution in [2.45, 2.75) is 49.4 Å². The van der Waals surface area contributed by atoms with Crippen molar-refractivity contribution in [1.29, 1.82) is 0 Å². The highest BCUT2D eigenvalue weighted by Gasteiger charge is 2.38. The fourth-order valence-corrected chi connectivity index (χ4v) is 7.44. The normalized spacial score (nSPS) is 19.3. The summed E-state index contributed by atoms with van der Waals surface area (Å²) >= 11 is -0.913. The first-order valence-electron chi connectivity index (χ1n) is 10.4. The predicted octanol–water partition coefficient (Wildman–Crippen LogP) is 2.75. The van der Waals surface area contributed by atoms with Gasteiger partial charge >= 0.3 is 0 Å². The Balaban J connectivity index is 1.64. The summed E-state index contributed by atoms with van der Waals surface area (Å²) in [4.78, 5) is 4.57. The molecule has 0 radical (unpaired) electrons. The van der Waals surface area contributed by atoms with Crippen molar-refractivity contribution in [2.75, 3.05) is 18.5 Å². The Morgan fingerprint density at radius 2 is 2.30 bits per heavy atom. The number of furan rings is 1. The number of nitrogens with zero attached hydrogens (tertiary/aromatic N) is 3. The van der Waals surface area contributed by atoms with Crippen LogP contribution >= 0.6 is 22.5 Å². The van der Waals surface area contributed by atoms with Gasteiger partial charge in [0, 0.05) is 22.3 Å². The van der Waals surface area contributed by atoms with Gasteiger partial charge < -0.3 is 24.5 Å². The quantitative estimate of drug-likeness (QED) is 0.332. The van der Waals surface area contributed by atoms with Crippen molar-refractivity contribution in [3.05, 3.63) is 34.5 Å². The van der Waals surface area contributed by atoms with E-state index in [0.29, 0.717) is 25.0 Å². The molecular formula is C19H25N5O6S3. The number of anilines is 2. The van der Waals surface area contributed by atoms with Gasteiger partial charge in [-0.1, -0.05) is 6.92 Å². The highest BCUT2D eigenvalue weighted by atomic mass is 32.2. The molecule has 11 nitrogen and oxygen atoms in total. The number of hydrogen-bond donors (Lipinski definition) is 4. The Morgan fingerprint density at radius 1 is 1.52 bits per heavy atom. The topological polar surface area (TPSA) is 167 Å². The van der Waals surface area contributed by atoms with Gasteiger partial charge in [0.2, 0.25) is 11.3 Å². The van der Waals surface area contributed by atoms with Crippen molar-refractivity contribution >= 4 is 44.0 Å². The Labute approximate surface area is 197 Å². The minimum absolute atomic E-state index is 0.104. The van der Waals surface area contributed by atoms with E-state index in [0.717, 1.165) is 17.1 Å². The van der Waals surface area contributed by atoms with Crippen molar-refractivity contribution in [3.8, 4) is 5.75 Å². The fraction of sp³-hybridized carbons (Fsp3) is 0.474. The molecule has 0 spiro atoms. The lowest BCUT2D eigenvalue weighted by atomic mass is 10.2. The summed E-state index contributed by atoms with van der Waals surface area (Å²) in [6.07, 6.45) is 1.82. The van der Waals surface area contributed by atoms with E-state index in [1.807, 2.05) is 26.0 Å². The number of aliphatic hydroxyl groups is 1. The minimum atomic E-state index is -3.98. The second-order valence-corrected chi connectivity index (χ2v) is 11.5. The van der Waals surface area contributed by atoms with Crippen LogP contribution in [-0.2, 0) is 10.0 Å². The van der Waals surface area contributed by atoms with Gasteiger partial charge in [-0.3, -0.25) is 0 Å². The van der Waals surface area contributed by atoms with Gasteiger partial charge in [0.05, 0.1) is 12.3 Å². The van der Waals surface area contributed by atoms with E-state index in [-0.39, 0.29) is 40.4 Å². The van der Waals surface area contributed by atoms with E-state index in [1.165, 1.54) is 9.69 Å². The number of aromatic amines is 1. The summed E-state index contributed by atoms with van der Waals surface area (Å²) in [5.41, 5.74) is 0.316. The maximum Gasteiger partial charge on any atom is 0.256 e. The van der Waals surface area contributed by atoms with Crippen LogP contribution in [0.1, 0.15) is 43.7 Å². The van der Waals surface area contributed by atoms with Crippen LogP contribution in [-0.4, -0.2) is 55.4 Å². The minimum Gasteiger partial charge on any atom is -0.548 e. The molecule has 14 heteroatoms. The first kappa shape index (κ1) is 23.9. The van der Waals surface area contributed by atoms with E-state index in [4.69, 9.17) is 4.42 Å². The lowest BCUT2D eigenvalue weighted by molar-refractivity contribution is 0.213. The number of aromatic hydroxyl groups is 1. The van der Waals surface area contributed by atoms with Crippen LogP contribution in [0, 0.1) is 6.92 Å². The molecule has 33 heavy (non-hydrogen) atoms. The van der Waals surface area contributed by atoms with Crippen LogP contribution in [0.2, 0.25) is 0 Å². The van der Waals surface area contributed by atoms with Gasteiger partial charge in [0.15, 0.2) is 21.1 Å². The summed E-state index contributed by atoms with van der Waals surface area (Å²) in [5.74, 6) is 1.05. The summed E-state index contributed by atoms with van der Waals surface area (Å²) in [6.45, 7) is 3.77. The number of hydrogen-bond acceptors (Lipinski definition) is 10. The number of sulfonamides is 1. The van der Waals surface area contributed by atoms with E-state index < -0.39 is 33.0 Å². The molecule has 4 heterocycles. The molecule has 1 fully saturated rings. The molecule has 2 unspecified atom stereocenters. The molecule has 4 N–H and O–H groups in total. The lowest BCUT2D eigenvalue weighted by Gasteiger charge is -2.21. The van der Waals surface area contributed by atoms with Crippen LogP contribution in [0.3, 0.4) is 0 Å². The second kappa shape index (κ2) is 9.56. The number of aromatic nitrogens is 2. The first-order valence-corrected chi connectivity index (χ1v) is 13.8. The van der Waals surface area contributed by atoms with Crippen LogP contribution in [0.5, 0.6) is 5.75 Å². The largest absolute Gasteiger partial charge is 0.548 e. The molecular weight excluding hydrogens is 490 g/mol. The Bertz CT molecular complexity index is 1290. The van der Waals surface area contributed by atoms with Gasteiger partial charge in [-0.15, -0.1) is 15.7 Å². The molecule has 3 aromatic rings. The molecule has 0 bridgehead atoms. The van der Waals surface area contributed by atoms with Crippen molar-refractivity contribution in [3.63, 3.8) is 0 Å². The van der Waals surface area contributed by atoms with Crippen LogP contribution in [0.15, 0.2) is 31.1 Å². The third kappa shape index (κ3) is 4.72. The summed E-state index contributed by atoms with van der Waals surface area (Å²) in [5, 5.41) is 24.5. The zero-order valence-electron chi connectivity index (χ0n) is 18.0. The van der Waals surface area contributed by atoms with Gasteiger partial charge in [0.25, 0.3) is 10.0 Å². The number of nitrogens with one attached hydrogen (secondary N) is 2. The van der Waals surface area contributed by atoms with Gasteiger partial charge in [-0.2, -0.15) is 4.31 Å². The molecule has 1 aliphatic heterocycles. The van der Waals surface area contributed by atoms with Crippen molar-refractivity contribution < 1.29 is 27.6 Å². The number of rotatable bonds is 8. The molecule has 1 aliphatic rings. The first-order chi connectivity index (χ1) is 15.7. The highest BCUT2D eigenvalue weighted by molar-refractivity contribution is 7.91. The highest BCUT2D eigenvalue weighted by Crippen LogP contribution is 2.41. The second-order valence-electron chi connectivity index (χ2n) is 7.65. The maximum atomic E-state index is 13.0. The molecule has 0 aliphatic carbocycles. The fourth-order valence-electron chi connectivity index (χ4n) is 3.74. The smallest absolute Gasteiger partial charge is 0.256 e. The van der Waals surface area contributed by atoms with Crippen LogP contribution in [0.4, 0.5) is 11.5 Å². The van der Waals surface area contributed by atoms with E-state index >= 15 is 0 Å². The zero-order chi connectivity index (χ0) is 23.8. The number of H-pyrrole nitrogens is 1. The van der Waals surface area contributed by atoms with Gasteiger partial charge in [-0.05, 0) is 38.3 Å².